The Balaban J connectivity index is 2.31. The highest BCUT2D eigenvalue weighted by Gasteiger charge is 2.23. The zero-order valence-electron chi connectivity index (χ0n) is 12.1. The van der Waals surface area contributed by atoms with Gasteiger partial charge in [0.15, 0.2) is 5.76 Å². The summed E-state index contributed by atoms with van der Waals surface area (Å²) < 4.78 is 32.9. The summed E-state index contributed by atoms with van der Waals surface area (Å²) in [4.78, 5) is 0.690. The Bertz CT molecular complexity index is 853. The zero-order chi connectivity index (χ0) is 15.9. The van der Waals surface area contributed by atoms with Gasteiger partial charge in [-0.25, -0.2) is 4.39 Å². The molecule has 0 aliphatic heterocycles. The highest BCUT2D eigenvalue weighted by atomic mass is 127. The van der Waals surface area contributed by atoms with E-state index in [1.807, 2.05) is 32.0 Å². The average Bonchev–Trinajstić information content (AvgIpc) is 2.85. The molecule has 1 aromatic heterocycles. The summed E-state index contributed by atoms with van der Waals surface area (Å²) in [5.74, 6) is 0.255. The number of fused-ring (bicyclic) bond motifs is 1. The van der Waals surface area contributed by atoms with E-state index in [1.165, 1.54) is 12.1 Å². The third-order valence-corrected chi connectivity index (χ3v) is 5.68. The third-order valence-electron chi connectivity index (χ3n) is 3.34. The zero-order valence-corrected chi connectivity index (χ0v) is 15.1. The molecule has 0 aliphatic rings. The van der Waals surface area contributed by atoms with Crippen molar-refractivity contribution >= 4 is 44.4 Å². The minimum atomic E-state index is -1.20. The van der Waals surface area contributed by atoms with Gasteiger partial charge < -0.3 is 4.42 Å². The van der Waals surface area contributed by atoms with Crippen molar-refractivity contribution in [1.29, 1.82) is 0 Å². The molecule has 0 saturated heterocycles. The molecule has 0 spiro atoms. The molecule has 3 aromatic rings. The van der Waals surface area contributed by atoms with Gasteiger partial charge in [-0.1, -0.05) is 13.8 Å². The Hall–Kier alpha value is -1.21. The first-order valence-electron chi connectivity index (χ1n) is 6.86. The normalized spacial score (nSPS) is 13.0. The van der Waals surface area contributed by atoms with Gasteiger partial charge >= 0.3 is 0 Å². The highest BCUT2D eigenvalue weighted by Crippen LogP contribution is 2.37. The predicted molar refractivity (Wildman–Crippen MR) is 95.9 cm³/mol. The maximum atomic E-state index is 13.2. The second-order valence-electron chi connectivity index (χ2n) is 5.25. The van der Waals surface area contributed by atoms with Crippen LogP contribution in [0, 0.1) is 9.39 Å². The minimum absolute atomic E-state index is 0.0298. The van der Waals surface area contributed by atoms with Crippen LogP contribution in [-0.4, -0.2) is 9.46 Å². The second-order valence-corrected chi connectivity index (χ2v) is 8.45. The van der Waals surface area contributed by atoms with Gasteiger partial charge in [-0.15, -0.1) is 0 Å². The molecule has 0 saturated carbocycles. The summed E-state index contributed by atoms with van der Waals surface area (Å²) in [7, 11) is -1.20. The Morgan fingerprint density at radius 1 is 1.14 bits per heavy atom. The molecule has 1 unspecified atom stereocenters. The van der Waals surface area contributed by atoms with E-state index < -0.39 is 10.8 Å². The van der Waals surface area contributed by atoms with Crippen LogP contribution in [0.1, 0.15) is 13.8 Å². The molecule has 1 atom stereocenters. The van der Waals surface area contributed by atoms with Crippen LogP contribution in [0.25, 0.3) is 22.3 Å². The lowest BCUT2D eigenvalue weighted by Crippen LogP contribution is -2.06. The van der Waals surface area contributed by atoms with Crippen molar-refractivity contribution in [3.63, 3.8) is 0 Å². The van der Waals surface area contributed by atoms with E-state index in [0.29, 0.717) is 16.2 Å². The number of halogens is 2. The molecular formula is C17H14FIO2S. The molecule has 1 heterocycles. The Morgan fingerprint density at radius 3 is 2.45 bits per heavy atom. The van der Waals surface area contributed by atoms with Gasteiger partial charge in [-0.3, -0.25) is 4.21 Å². The van der Waals surface area contributed by atoms with Crippen LogP contribution in [0.4, 0.5) is 4.39 Å². The summed E-state index contributed by atoms with van der Waals surface area (Å²) in [6.07, 6.45) is 0. The van der Waals surface area contributed by atoms with Crippen LogP contribution in [0.2, 0.25) is 0 Å². The minimum Gasteiger partial charge on any atom is -0.455 e. The van der Waals surface area contributed by atoms with Gasteiger partial charge in [-0.2, -0.15) is 0 Å². The van der Waals surface area contributed by atoms with Crippen molar-refractivity contribution in [1.82, 2.24) is 0 Å². The summed E-state index contributed by atoms with van der Waals surface area (Å²) in [5.41, 5.74) is 1.43. The van der Waals surface area contributed by atoms with E-state index in [4.69, 9.17) is 4.42 Å². The maximum Gasteiger partial charge on any atom is 0.151 e. The number of benzene rings is 2. The van der Waals surface area contributed by atoms with Crippen LogP contribution in [0.15, 0.2) is 51.8 Å². The number of rotatable bonds is 3. The van der Waals surface area contributed by atoms with Crippen LogP contribution in [-0.2, 0) is 10.8 Å². The number of hydrogen-bond donors (Lipinski definition) is 0. The van der Waals surface area contributed by atoms with E-state index in [-0.39, 0.29) is 11.1 Å². The summed E-state index contributed by atoms with van der Waals surface area (Å²) in [6.45, 7) is 3.83. The maximum absolute atomic E-state index is 13.2. The van der Waals surface area contributed by atoms with Crippen LogP contribution >= 0.6 is 22.6 Å². The van der Waals surface area contributed by atoms with Crippen molar-refractivity contribution in [3.05, 3.63) is 51.9 Å². The van der Waals surface area contributed by atoms with Crippen LogP contribution in [0.5, 0.6) is 0 Å². The van der Waals surface area contributed by atoms with Crippen LogP contribution in [0.3, 0.4) is 0 Å². The van der Waals surface area contributed by atoms with E-state index in [1.54, 1.807) is 12.1 Å². The quantitative estimate of drug-likeness (QED) is 0.526. The highest BCUT2D eigenvalue weighted by molar-refractivity contribution is 14.1. The molecule has 0 radical (unpaired) electrons. The Labute approximate surface area is 144 Å². The number of furan rings is 1. The monoisotopic (exact) mass is 428 g/mol. The van der Waals surface area contributed by atoms with Crippen molar-refractivity contribution in [2.45, 2.75) is 24.0 Å². The molecule has 0 amide bonds. The fraction of sp³-hybridized carbons (Fsp3) is 0.176. The van der Waals surface area contributed by atoms with Crippen LogP contribution < -0.4 is 0 Å². The van der Waals surface area contributed by atoms with Gasteiger partial charge in [0.05, 0.1) is 15.7 Å². The first kappa shape index (κ1) is 15.7. The molecule has 114 valence electrons. The predicted octanol–water partition coefficient (Wildman–Crippen LogP) is 5.36. The molecule has 0 fully saturated rings. The van der Waals surface area contributed by atoms with Crippen molar-refractivity contribution < 1.29 is 13.0 Å². The summed E-state index contributed by atoms with van der Waals surface area (Å²) in [6, 6.07) is 11.9. The van der Waals surface area contributed by atoms with Crippen molar-refractivity contribution in [2.75, 3.05) is 0 Å². The lowest BCUT2D eigenvalue weighted by Gasteiger charge is -2.07. The lowest BCUT2D eigenvalue weighted by molar-refractivity contribution is 0.617. The molecule has 3 rings (SSSR count). The molecule has 0 aliphatic carbocycles. The summed E-state index contributed by atoms with van der Waals surface area (Å²) in [5, 5.41) is 0.830. The fourth-order valence-corrected chi connectivity index (χ4v) is 3.96. The largest absolute Gasteiger partial charge is 0.455 e. The first-order valence-corrected chi connectivity index (χ1v) is 9.15. The van der Waals surface area contributed by atoms with Gasteiger partial charge in [0, 0.05) is 19.8 Å². The second kappa shape index (κ2) is 6.12. The molecule has 0 bridgehead atoms. The summed E-state index contributed by atoms with van der Waals surface area (Å²) >= 11 is 2.22. The smallest absolute Gasteiger partial charge is 0.151 e. The van der Waals surface area contributed by atoms with Crippen molar-refractivity contribution in [2.24, 2.45) is 0 Å². The third kappa shape index (κ3) is 2.84. The molecule has 5 heteroatoms. The standard InChI is InChI=1S/C17H14FIO2S/c1-10(2)22(20)17-14-9-13(19)7-8-15(14)21-16(17)11-3-5-12(18)6-4-11/h3-10H,1-2H3. The fourth-order valence-electron chi connectivity index (χ4n) is 2.27. The van der Waals surface area contributed by atoms with Gasteiger partial charge in [0.25, 0.3) is 0 Å². The molecule has 2 aromatic carbocycles. The molecule has 22 heavy (non-hydrogen) atoms. The average molecular weight is 428 g/mol. The van der Waals surface area contributed by atoms with Crippen molar-refractivity contribution in [3.8, 4) is 11.3 Å². The van der Waals surface area contributed by atoms with E-state index >= 15 is 0 Å². The van der Waals surface area contributed by atoms with E-state index in [2.05, 4.69) is 22.6 Å². The topological polar surface area (TPSA) is 30.2 Å². The van der Waals surface area contributed by atoms with Gasteiger partial charge in [0.2, 0.25) is 0 Å². The first-order chi connectivity index (χ1) is 10.5. The van der Waals surface area contributed by atoms with Gasteiger partial charge in [0.1, 0.15) is 11.4 Å². The Morgan fingerprint density at radius 2 is 1.82 bits per heavy atom. The number of hydrogen-bond acceptors (Lipinski definition) is 2. The SMILES string of the molecule is CC(C)S(=O)c1c(-c2ccc(F)cc2)oc2ccc(I)cc12. The molecular weight excluding hydrogens is 414 g/mol. The van der Waals surface area contributed by atoms with Gasteiger partial charge in [-0.05, 0) is 65.1 Å². The Kier molecular flexibility index (Phi) is 4.36. The molecule has 0 N–H and O–H groups in total. The van der Waals surface area contributed by atoms with E-state index in [0.717, 1.165) is 14.5 Å². The lowest BCUT2D eigenvalue weighted by atomic mass is 10.1. The molecule has 2 nitrogen and oxygen atoms in total. The van der Waals surface area contributed by atoms with E-state index in [9.17, 15) is 8.60 Å².